The molecule has 3 heteroatoms. The van der Waals surface area contributed by atoms with Gasteiger partial charge in [0.25, 0.3) is 0 Å². The summed E-state index contributed by atoms with van der Waals surface area (Å²) in [5, 5.41) is 3.28. The van der Waals surface area contributed by atoms with Crippen LogP contribution in [0.25, 0.3) is 0 Å². The molecule has 0 bridgehead atoms. The first-order chi connectivity index (χ1) is 7.18. The van der Waals surface area contributed by atoms with Crippen LogP contribution in [-0.2, 0) is 9.53 Å². The fourth-order valence-electron chi connectivity index (χ4n) is 1.73. The van der Waals surface area contributed by atoms with E-state index >= 15 is 0 Å². The SMILES string of the molecule is C=C(C)CC(=O)CCOC1CCNCC1. The Morgan fingerprint density at radius 2 is 2.13 bits per heavy atom. The fourth-order valence-corrected chi connectivity index (χ4v) is 1.73. The summed E-state index contributed by atoms with van der Waals surface area (Å²) < 4.78 is 5.64. The van der Waals surface area contributed by atoms with Gasteiger partial charge in [-0.25, -0.2) is 0 Å². The van der Waals surface area contributed by atoms with Crippen LogP contribution in [0.5, 0.6) is 0 Å². The van der Waals surface area contributed by atoms with Gasteiger partial charge in [-0.3, -0.25) is 4.79 Å². The van der Waals surface area contributed by atoms with Gasteiger partial charge in [-0.1, -0.05) is 12.2 Å². The summed E-state index contributed by atoms with van der Waals surface area (Å²) in [5.41, 5.74) is 0.932. The Hall–Kier alpha value is -0.670. The Labute approximate surface area is 91.9 Å². The molecule has 0 spiro atoms. The van der Waals surface area contributed by atoms with Crippen molar-refractivity contribution in [2.45, 2.75) is 38.7 Å². The number of ketones is 1. The van der Waals surface area contributed by atoms with E-state index in [-0.39, 0.29) is 5.78 Å². The normalized spacial score (nSPS) is 17.7. The minimum absolute atomic E-state index is 0.233. The summed E-state index contributed by atoms with van der Waals surface area (Å²) in [6.45, 7) is 8.23. The average Bonchev–Trinajstić information content (AvgIpc) is 2.18. The molecule has 0 amide bonds. The van der Waals surface area contributed by atoms with Gasteiger partial charge in [0, 0.05) is 12.8 Å². The fraction of sp³-hybridized carbons (Fsp3) is 0.750. The van der Waals surface area contributed by atoms with Gasteiger partial charge in [0.2, 0.25) is 0 Å². The first-order valence-corrected chi connectivity index (χ1v) is 5.67. The van der Waals surface area contributed by atoms with Crippen LogP contribution in [0, 0.1) is 0 Å². The second-order valence-corrected chi connectivity index (χ2v) is 4.24. The zero-order chi connectivity index (χ0) is 11.1. The molecule has 15 heavy (non-hydrogen) atoms. The van der Waals surface area contributed by atoms with Gasteiger partial charge in [0.05, 0.1) is 12.7 Å². The van der Waals surface area contributed by atoms with Crippen LogP contribution in [0.3, 0.4) is 0 Å². The molecule has 1 fully saturated rings. The summed E-state index contributed by atoms with van der Waals surface area (Å²) in [5.74, 6) is 0.233. The van der Waals surface area contributed by atoms with E-state index in [1.165, 1.54) is 0 Å². The van der Waals surface area contributed by atoms with E-state index in [1.54, 1.807) is 0 Å². The van der Waals surface area contributed by atoms with Crippen LogP contribution in [0.4, 0.5) is 0 Å². The molecule has 3 nitrogen and oxygen atoms in total. The van der Waals surface area contributed by atoms with Crippen molar-refractivity contribution in [1.82, 2.24) is 5.32 Å². The van der Waals surface area contributed by atoms with Crippen molar-refractivity contribution in [1.29, 1.82) is 0 Å². The lowest BCUT2D eigenvalue weighted by Gasteiger charge is -2.22. The second kappa shape index (κ2) is 6.75. The first kappa shape index (κ1) is 12.4. The topological polar surface area (TPSA) is 38.3 Å². The molecule has 0 aliphatic carbocycles. The smallest absolute Gasteiger partial charge is 0.139 e. The van der Waals surface area contributed by atoms with E-state index < -0.39 is 0 Å². The number of rotatable bonds is 6. The Morgan fingerprint density at radius 3 is 2.73 bits per heavy atom. The number of piperidine rings is 1. The van der Waals surface area contributed by atoms with Gasteiger partial charge in [0.1, 0.15) is 5.78 Å². The number of carbonyl (C=O) groups excluding carboxylic acids is 1. The van der Waals surface area contributed by atoms with E-state index in [9.17, 15) is 4.79 Å². The standard InChI is InChI=1S/C12H21NO2/c1-10(2)9-11(14)5-8-15-12-3-6-13-7-4-12/h12-13H,1,3-9H2,2H3. The van der Waals surface area contributed by atoms with Crippen molar-refractivity contribution in [3.8, 4) is 0 Å². The lowest BCUT2D eigenvalue weighted by atomic mass is 10.1. The van der Waals surface area contributed by atoms with Gasteiger partial charge in [0.15, 0.2) is 0 Å². The predicted molar refractivity (Wildman–Crippen MR) is 60.9 cm³/mol. The van der Waals surface area contributed by atoms with Gasteiger partial charge in [-0.2, -0.15) is 0 Å². The van der Waals surface area contributed by atoms with Crippen molar-refractivity contribution in [2.75, 3.05) is 19.7 Å². The predicted octanol–water partition coefficient (Wildman–Crippen LogP) is 1.68. The molecule has 0 aromatic carbocycles. The summed E-state index contributed by atoms with van der Waals surface area (Å²) >= 11 is 0. The van der Waals surface area contributed by atoms with Crippen LogP contribution < -0.4 is 5.32 Å². The highest BCUT2D eigenvalue weighted by atomic mass is 16.5. The largest absolute Gasteiger partial charge is 0.378 e. The molecule has 1 heterocycles. The third-order valence-electron chi connectivity index (χ3n) is 2.52. The van der Waals surface area contributed by atoms with Gasteiger partial charge in [-0.05, 0) is 32.9 Å². The Morgan fingerprint density at radius 1 is 1.47 bits per heavy atom. The number of hydrogen-bond donors (Lipinski definition) is 1. The van der Waals surface area contributed by atoms with Crippen LogP contribution in [-0.4, -0.2) is 31.6 Å². The molecule has 1 aliphatic heterocycles. The quantitative estimate of drug-likeness (QED) is 0.679. The highest BCUT2D eigenvalue weighted by molar-refractivity contribution is 5.80. The molecule has 1 saturated heterocycles. The van der Waals surface area contributed by atoms with Crippen molar-refractivity contribution < 1.29 is 9.53 Å². The molecule has 0 atom stereocenters. The molecule has 86 valence electrons. The minimum Gasteiger partial charge on any atom is -0.378 e. The van der Waals surface area contributed by atoms with Crippen molar-refractivity contribution >= 4 is 5.78 Å². The summed E-state index contributed by atoms with van der Waals surface area (Å²) in [4.78, 5) is 11.3. The van der Waals surface area contributed by atoms with E-state index in [0.717, 1.165) is 31.5 Å². The molecule has 0 aromatic heterocycles. The number of nitrogens with one attached hydrogen (secondary N) is 1. The third-order valence-corrected chi connectivity index (χ3v) is 2.52. The number of Topliss-reactive ketones (excluding diaryl/α,β-unsaturated/α-hetero) is 1. The monoisotopic (exact) mass is 211 g/mol. The maximum absolute atomic E-state index is 11.3. The highest BCUT2D eigenvalue weighted by Crippen LogP contribution is 2.08. The number of carbonyl (C=O) groups is 1. The highest BCUT2D eigenvalue weighted by Gasteiger charge is 2.13. The molecular formula is C12H21NO2. The maximum atomic E-state index is 11.3. The summed E-state index contributed by atoms with van der Waals surface area (Å²) in [6.07, 6.45) is 3.50. The lowest BCUT2D eigenvalue weighted by molar-refractivity contribution is -0.120. The van der Waals surface area contributed by atoms with E-state index in [4.69, 9.17) is 4.74 Å². The van der Waals surface area contributed by atoms with Crippen LogP contribution >= 0.6 is 0 Å². The summed E-state index contributed by atoms with van der Waals surface area (Å²) in [7, 11) is 0. The van der Waals surface area contributed by atoms with Crippen molar-refractivity contribution in [3.05, 3.63) is 12.2 Å². The van der Waals surface area contributed by atoms with E-state index in [1.807, 2.05) is 6.92 Å². The molecule has 0 radical (unpaired) electrons. The van der Waals surface area contributed by atoms with E-state index in [0.29, 0.717) is 25.6 Å². The molecule has 0 aromatic rings. The van der Waals surface area contributed by atoms with Gasteiger partial charge >= 0.3 is 0 Å². The Balaban J connectivity index is 2.04. The third kappa shape index (κ3) is 5.70. The molecular weight excluding hydrogens is 190 g/mol. The van der Waals surface area contributed by atoms with Crippen LogP contribution in [0.2, 0.25) is 0 Å². The minimum atomic E-state index is 0.233. The summed E-state index contributed by atoms with van der Waals surface area (Å²) in [6, 6.07) is 0. The zero-order valence-electron chi connectivity index (χ0n) is 9.55. The molecule has 0 unspecified atom stereocenters. The van der Waals surface area contributed by atoms with Crippen LogP contribution in [0.1, 0.15) is 32.6 Å². The molecule has 1 N–H and O–H groups in total. The van der Waals surface area contributed by atoms with Crippen molar-refractivity contribution in [3.63, 3.8) is 0 Å². The number of hydrogen-bond acceptors (Lipinski definition) is 3. The van der Waals surface area contributed by atoms with Gasteiger partial charge < -0.3 is 10.1 Å². The first-order valence-electron chi connectivity index (χ1n) is 5.67. The molecule has 0 saturated carbocycles. The average molecular weight is 211 g/mol. The van der Waals surface area contributed by atoms with Crippen molar-refractivity contribution in [2.24, 2.45) is 0 Å². The van der Waals surface area contributed by atoms with E-state index in [2.05, 4.69) is 11.9 Å². The second-order valence-electron chi connectivity index (χ2n) is 4.24. The number of ether oxygens (including phenoxy) is 1. The molecule has 1 rings (SSSR count). The number of allylic oxidation sites excluding steroid dienone is 1. The molecule has 1 aliphatic rings. The van der Waals surface area contributed by atoms with Crippen LogP contribution in [0.15, 0.2) is 12.2 Å². The maximum Gasteiger partial charge on any atom is 0.139 e. The van der Waals surface area contributed by atoms with Gasteiger partial charge in [-0.15, -0.1) is 0 Å². The Bertz CT molecular complexity index is 220. The zero-order valence-corrected chi connectivity index (χ0v) is 9.55. The Kier molecular flexibility index (Phi) is 5.58. The lowest BCUT2D eigenvalue weighted by Crippen LogP contribution is -2.32.